The minimum absolute atomic E-state index is 0.953. The molecule has 0 saturated heterocycles. The Morgan fingerprint density at radius 1 is 1.06 bits per heavy atom. The zero-order chi connectivity index (χ0) is 12.5. The van der Waals surface area contributed by atoms with Gasteiger partial charge in [-0.15, -0.1) is 9.24 Å². The molecule has 0 radical (unpaired) electrons. The van der Waals surface area contributed by atoms with Crippen LogP contribution in [0.1, 0.15) is 37.7 Å². The third-order valence-electron chi connectivity index (χ3n) is 2.64. The van der Waals surface area contributed by atoms with E-state index in [1.807, 2.05) is 34.9 Å². The molecule has 0 amide bonds. The number of halogens is 2. The van der Waals surface area contributed by atoms with Crippen LogP contribution in [0, 0.1) is 0 Å². The molecule has 4 heteroatoms. The van der Waals surface area contributed by atoms with Crippen molar-refractivity contribution in [2.24, 2.45) is 0 Å². The van der Waals surface area contributed by atoms with Crippen molar-refractivity contribution < 1.29 is 13.5 Å². The SMILES string of the molecule is PC1CCCCC1.[Cl][Ru]([Cl])=[CH]c1ccccc1. The topological polar surface area (TPSA) is 0 Å². The van der Waals surface area contributed by atoms with E-state index in [1.54, 1.807) is 0 Å². The van der Waals surface area contributed by atoms with Crippen LogP contribution < -0.4 is 0 Å². The quantitative estimate of drug-likeness (QED) is 0.479. The summed E-state index contributed by atoms with van der Waals surface area (Å²) in [6, 6.07) is 9.89. The average Bonchev–Trinajstić information content (AvgIpc) is 2.31. The monoisotopic (exact) mass is 378 g/mol. The van der Waals surface area contributed by atoms with Crippen molar-refractivity contribution in [3.63, 3.8) is 0 Å². The summed E-state index contributed by atoms with van der Waals surface area (Å²) >= 11 is -1.61. The molecule has 0 aliphatic heterocycles. The fourth-order valence-corrected chi connectivity index (χ4v) is 4.04. The number of hydrogen-bond acceptors (Lipinski definition) is 0. The molecule has 1 fully saturated rings. The van der Waals surface area contributed by atoms with Crippen molar-refractivity contribution in [1.29, 1.82) is 0 Å². The zero-order valence-corrected chi connectivity index (χ0v) is 14.2. The van der Waals surface area contributed by atoms with Crippen molar-refractivity contribution in [2.75, 3.05) is 0 Å². The van der Waals surface area contributed by atoms with Crippen LogP contribution >= 0.6 is 28.6 Å². The van der Waals surface area contributed by atoms with Gasteiger partial charge in [0.15, 0.2) is 0 Å². The summed E-state index contributed by atoms with van der Waals surface area (Å²) in [6.45, 7) is 0. The molecule has 0 heterocycles. The first-order chi connectivity index (χ1) is 8.18. The molecule has 17 heavy (non-hydrogen) atoms. The van der Waals surface area contributed by atoms with Crippen LogP contribution in [0.15, 0.2) is 30.3 Å². The first kappa shape index (κ1) is 15.8. The van der Waals surface area contributed by atoms with Crippen LogP contribution in [0.2, 0.25) is 0 Å². The molecular weight excluding hydrogens is 359 g/mol. The molecule has 0 spiro atoms. The number of hydrogen-bond donors (Lipinski definition) is 0. The Labute approximate surface area is 120 Å². The molecule has 0 N–H and O–H groups in total. The van der Waals surface area contributed by atoms with E-state index in [9.17, 15) is 0 Å². The van der Waals surface area contributed by atoms with Crippen LogP contribution in [0.5, 0.6) is 0 Å². The molecule has 1 aliphatic carbocycles. The van der Waals surface area contributed by atoms with Gasteiger partial charge in [0.25, 0.3) is 0 Å². The van der Waals surface area contributed by atoms with Crippen molar-refractivity contribution in [2.45, 2.75) is 37.8 Å². The summed E-state index contributed by atoms with van der Waals surface area (Å²) in [5.41, 5.74) is 2.07. The minimum atomic E-state index is -1.61. The third-order valence-corrected chi connectivity index (χ3v) is 5.18. The molecule has 1 saturated carbocycles. The van der Waals surface area contributed by atoms with E-state index in [1.165, 1.54) is 32.1 Å². The van der Waals surface area contributed by atoms with Crippen molar-refractivity contribution in [1.82, 2.24) is 0 Å². The van der Waals surface area contributed by atoms with E-state index in [2.05, 4.69) is 9.24 Å². The molecule has 98 valence electrons. The average molecular weight is 378 g/mol. The molecule has 1 aromatic rings. The van der Waals surface area contributed by atoms with Crippen molar-refractivity contribution in [3.05, 3.63) is 35.9 Å². The van der Waals surface area contributed by atoms with E-state index >= 15 is 0 Å². The maximum absolute atomic E-state index is 5.67. The van der Waals surface area contributed by atoms with Gasteiger partial charge in [-0.3, -0.25) is 0 Å². The Morgan fingerprint density at radius 3 is 2.06 bits per heavy atom. The van der Waals surface area contributed by atoms with E-state index in [-0.39, 0.29) is 0 Å². The van der Waals surface area contributed by atoms with Gasteiger partial charge in [-0.05, 0) is 18.5 Å². The van der Waals surface area contributed by atoms with Crippen LogP contribution in [-0.2, 0) is 13.5 Å². The normalized spacial score (nSPS) is 16.8. The zero-order valence-electron chi connectivity index (χ0n) is 9.76. The van der Waals surface area contributed by atoms with Crippen molar-refractivity contribution in [3.8, 4) is 0 Å². The van der Waals surface area contributed by atoms with Crippen molar-refractivity contribution >= 4 is 33.2 Å². The predicted molar refractivity (Wildman–Crippen MR) is 79.9 cm³/mol. The standard InChI is InChI=1S/C7H6.C6H13P.2ClH.Ru/c1-7-5-3-2-4-6-7;7-6-4-2-1-3-5-6;;;/h1-6H;6H,1-5,7H2;2*1H;/q;;;;+2/p-2. The van der Waals surface area contributed by atoms with Crippen LogP contribution in [0.25, 0.3) is 0 Å². The van der Waals surface area contributed by atoms with Crippen LogP contribution in [0.3, 0.4) is 0 Å². The Balaban J connectivity index is 0.000000181. The Kier molecular flexibility index (Phi) is 8.94. The summed E-state index contributed by atoms with van der Waals surface area (Å²) < 4.78 is 1.92. The fraction of sp³-hybridized carbons (Fsp3) is 0.462. The Morgan fingerprint density at radius 2 is 1.65 bits per heavy atom. The van der Waals surface area contributed by atoms with Gasteiger partial charge in [-0.2, -0.15) is 0 Å². The second-order valence-electron chi connectivity index (χ2n) is 4.12. The summed E-state index contributed by atoms with van der Waals surface area (Å²) in [4.78, 5) is 0. The molecule has 0 bridgehead atoms. The van der Waals surface area contributed by atoms with E-state index in [4.69, 9.17) is 19.4 Å². The molecule has 1 aromatic carbocycles. The predicted octanol–water partition coefficient (Wildman–Crippen LogP) is 4.96. The van der Waals surface area contributed by atoms with Crippen LogP contribution in [0.4, 0.5) is 0 Å². The van der Waals surface area contributed by atoms with Gasteiger partial charge >= 0.3 is 73.4 Å². The van der Waals surface area contributed by atoms with E-state index in [0.29, 0.717) is 0 Å². The molecular formula is C13H19Cl2PRu. The number of benzene rings is 1. The van der Waals surface area contributed by atoms with Gasteiger partial charge in [-0.25, -0.2) is 0 Å². The van der Waals surface area contributed by atoms with E-state index in [0.717, 1.165) is 11.2 Å². The fourth-order valence-electron chi connectivity index (χ4n) is 1.74. The molecule has 0 aromatic heterocycles. The van der Waals surface area contributed by atoms with Crippen LogP contribution in [-0.4, -0.2) is 10.3 Å². The molecule has 2 rings (SSSR count). The summed E-state index contributed by atoms with van der Waals surface area (Å²) in [7, 11) is 14.2. The number of rotatable bonds is 1. The summed E-state index contributed by atoms with van der Waals surface area (Å²) in [5.74, 6) is 0. The molecule has 1 aliphatic rings. The second-order valence-corrected chi connectivity index (χ2v) is 10.8. The van der Waals surface area contributed by atoms with E-state index < -0.39 is 13.5 Å². The van der Waals surface area contributed by atoms with Gasteiger partial charge in [0.1, 0.15) is 0 Å². The van der Waals surface area contributed by atoms with Gasteiger partial charge in [-0.1, -0.05) is 19.3 Å². The Bertz CT molecular complexity index is 331. The van der Waals surface area contributed by atoms with Gasteiger partial charge in [0, 0.05) is 0 Å². The molecule has 1 atom stereocenters. The third kappa shape index (κ3) is 8.44. The summed E-state index contributed by atoms with van der Waals surface area (Å²) in [6.07, 6.45) is 7.31. The van der Waals surface area contributed by atoms with Gasteiger partial charge in [0.2, 0.25) is 0 Å². The first-order valence-electron chi connectivity index (χ1n) is 5.82. The van der Waals surface area contributed by atoms with Gasteiger partial charge < -0.3 is 0 Å². The maximum atomic E-state index is 5.67. The molecule has 1 unspecified atom stereocenters. The van der Waals surface area contributed by atoms with Gasteiger partial charge in [0.05, 0.1) is 0 Å². The molecule has 0 nitrogen and oxygen atoms in total. The second kappa shape index (κ2) is 9.63. The Hall–Kier alpha value is 0.723. The first-order valence-corrected chi connectivity index (χ1v) is 12.0. The summed E-state index contributed by atoms with van der Waals surface area (Å²) in [5, 5.41) is 0.